The first kappa shape index (κ1) is 18.1. The van der Waals surface area contributed by atoms with Crippen molar-refractivity contribution in [2.24, 2.45) is 0 Å². The molecular weight excluding hydrogens is 403 g/mol. The molecule has 1 N–H and O–H groups in total. The van der Waals surface area contributed by atoms with E-state index in [9.17, 15) is 9.59 Å². The number of nitrogens with zero attached hydrogens (tertiary/aromatic N) is 1. The lowest BCUT2D eigenvalue weighted by Crippen LogP contribution is -2.33. The molecule has 0 aromatic heterocycles. The maximum atomic E-state index is 12.5. The van der Waals surface area contributed by atoms with Crippen LogP contribution in [0.2, 0.25) is 15.1 Å². The first-order valence-corrected chi connectivity index (χ1v) is 9.09. The highest BCUT2D eigenvalue weighted by atomic mass is 35.5. The molecule has 0 radical (unpaired) electrons. The smallest absolute Gasteiger partial charge is 0.295 e. The first-order valence-electron chi connectivity index (χ1n) is 7.14. The van der Waals surface area contributed by atoms with Crippen LogP contribution in [0.15, 0.2) is 47.4 Å². The van der Waals surface area contributed by atoms with Gasteiger partial charge in [-0.05, 0) is 53.7 Å². The van der Waals surface area contributed by atoms with E-state index in [0.29, 0.717) is 25.7 Å². The Balaban J connectivity index is 1.74. The summed E-state index contributed by atoms with van der Waals surface area (Å²) >= 11 is 18.8. The molecule has 1 fully saturated rings. The van der Waals surface area contributed by atoms with Gasteiger partial charge in [0.05, 0.1) is 22.3 Å². The third kappa shape index (κ3) is 4.30. The van der Waals surface area contributed by atoms with Gasteiger partial charge in [-0.3, -0.25) is 14.5 Å². The van der Waals surface area contributed by atoms with Crippen molar-refractivity contribution in [1.82, 2.24) is 4.90 Å². The fourth-order valence-electron chi connectivity index (χ4n) is 2.18. The summed E-state index contributed by atoms with van der Waals surface area (Å²) < 4.78 is 0. The molecule has 1 aliphatic rings. The average molecular weight is 414 g/mol. The van der Waals surface area contributed by atoms with Crippen molar-refractivity contribution < 1.29 is 9.59 Å². The predicted molar refractivity (Wildman–Crippen MR) is 104 cm³/mol. The van der Waals surface area contributed by atoms with E-state index >= 15 is 0 Å². The van der Waals surface area contributed by atoms with Crippen LogP contribution >= 0.6 is 46.6 Å². The molecule has 2 aromatic rings. The number of thioether (sulfide) groups is 1. The Kier molecular flexibility index (Phi) is 5.59. The van der Waals surface area contributed by atoms with Gasteiger partial charge in [0.25, 0.3) is 11.1 Å². The maximum absolute atomic E-state index is 12.5. The summed E-state index contributed by atoms with van der Waals surface area (Å²) in [5.41, 5.74) is 1.30. The summed E-state index contributed by atoms with van der Waals surface area (Å²) in [6, 6.07) is 12.0. The Labute approximate surface area is 163 Å². The molecule has 0 bridgehead atoms. The summed E-state index contributed by atoms with van der Waals surface area (Å²) in [6.07, 6.45) is 1.64. The molecule has 0 spiro atoms. The minimum absolute atomic E-state index is 0.00237. The highest BCUT2D eigenvalue weighted by Crippen LogP contribution is 2.33. The van der Waals surface area contributed by atoms with Crippen molar-refractivity contribution in [2.45, 2.75) is 0 Å². The Hall–Kier alpha value is -1.66. The molecule has 2 aromatic carbocycles. The molecule has 3 rings (SSSR count). The van der Waals surface area contributed by atoms with E-state index in [-0.39, 0.29) is 17.8 Å². The number of carbonyl (C=O) groups excluding carboxylic acids is 2. The van der Waals surface area contributed by atoms with Crippen molar-refractivity contribution in [3.63, 3.8) is 0 Å². The minimum atomic E-state index is -0.374. The molecule has 2 amide bonds. The van der Waals surface area contributed by atoms with Crippen LogP contribution in [0.3, 0.4) is 0 Å². The first-order chi connectivity index (χ1) is 11.9. The number of carbonyl (C=O) groups is 2. The predicted octanol–water partition coefficient (Wildman–Crippen LogP) is 5.75. The molecule has 1 heterocycles. The molecular formula is C17H11Cl3N2O2S. The van der Waals surface area contributed by atoms with Gasteiger partial charge in [-0.25, -0.2) is 0 Å². The van der Waals surface area contributed by atoms with Gasteiger partial charge in [0.15, 0.2) is 0 Å². The second kappa shape index (κ2) is 7.70. The maximum Gasteiger partial charge on any atom is 0.295 e. The molecule has 0 aliphatic carbocycles. The van der Waals surface area contributed by atoms with Crippen molar-refractivity contribution >= 4 is 69.5 Å². The van der Waals surface area contributed by atoms with Gasteiger partial charge in [-0.1, -0.05) is 46.9 Å². The van der Waals surface area contributed by atoms with E-state index in [2.05, 4.69) is 5.32 Å². The topological polar surface area (TPSA) is 49.4 Å². The quantitative estimate of drug-likeness (QED) is 0.648. The van der Waals surface area contributed by atoms with Crippen molar-refractivity contribution in [2.75, 3.05) is 12.0 Å². The number of hydrogen-bond donors (Lipinski definition) is 1. The van der Waals surface area contributed by atoms with Gasteiger partial charge < -0.3 is 5.32 Å². The largest absolute Gasteiger partial charge is 0.366 e. The normalized spacial score (nSPS) is 16.0. The number of imide groups is 1. The van der Waals surface area contributed by atoms with E-state index in [1.54, 1.807) is 42.5 Å². The van der Waals surface area contributed by atoms with E-state index in [4.69, 9.17) is 34.8 Å². The lowest BCUT2D eigenvalue weighted by atomic mass is 10.2. The lowest BCUT2D eigenvalue weighted by molar-refractivity contribution is -0.122. The molecule has 4 nitrogen and oxygen atoms in total. The lowest BCUT2D eigenvalue weighted by Gasteiger charge is -2.15. The van der Waals surface area contributed by atoms with Crippen LogP contribution in [0.25, 0.3) is 6.08 Å². The molecule has 8 heteroatoms. The summed E-state index contributed by atoms with van der Waals surface area (Å²) in [7, 11) is 0. The monoisotopic (exact) mass is 412 g/mol. The summed E-state index contributed by atoms with van der Waals surface area (Å²) in [6.45, 7) is -0.00237. The summed E-state index contributed by atoms with van der Waals surface area (Å²) in [5.74, 6) is -0.374. The average Bonchev–Trinajstić information content (AvgIpc) is 2.82. The molecule has 1 aliphatic heterocycles. The van der Waals surface area contributed by atoms with Crippen LogP contribution in [0.1, 0.15) is 5.56 Å². The molecule has 1 saturated heterocycles. The van der Waals surface area contributed by atoms with Crippen LogP contribution in [0.5, 0.6) is 0 Å². The molecule has 128 valence electrons. The standard InChI is InChI=1S/C17H11Cl3N2O2S/c18-11-3-1-2-10(6-11)7-15-16(23)22(17(24)25-15)9-21-14-8-12(19)4-5-13(14)20/h1-8,21H,9H2. The van der Waals surface area contributed by atoms with E-state index < -0.39 is 0 Å². The van der Waals surface area contributed by atoms with Crippen LogP contribution in [0.4, 0.5) is 10.5 Å². The third-order valence-corrected chi connectivity index (χ3v) is 5.08. The van der Waals surface area contributed by atoms with Crippen LogP contribution in [-0.4, -0.2) is 22.7 Å². The fraction of sp³-hybridized carbons (Fsp3) is 0.0588. The van der Waals surface area contributed by atoms with Crippen molar-refractivity contribution in [1.29, 1.82) is 0 Å². The number of anilines is 1. The van der Waals surface area contributed by atoms with Gasteiger partial charge in [-0.15, -0.1) is 0 Å². The zero-order valence-corrected chi connectivity index (χ0v) is 15.7. The Morgan fingerprint density at radius 1 is 1.04 bits per heavy atom. The highest BCUT2D eigenvalue weighted by Gasteiger charge is 2.34. The summed E-state index contributed by atoms with van der Waals surface area (Å²) in [4.78, 5) is 26.0. The molecule has 0 atom stereocenters. The number of benzene rings is 2. The fourth-order valence-corrected chi connectivity index (χ4v) is 3.57. The number of halogens is 3. The zero-order chi connectivity index (χ0) is 18.0. The SMILES string of the molecule is O=C1SC(=Cc2cccc(Cl)c2)C(=O)N1CNc1cc(Cl)ccc1Cl. The molecule has 25 heavy (non-hydrogen) atoms. The Bertz CT molecular complexity index is 886. The van der Waals surface area contributed by atoms with Crippen molar-refractivity contribution in [3.05, 3.63) is 68.0 Å². The zero-order valence-electron chi connectivity index (χ0n) is 12.6. The Morgan fingerprint density at radius 2 is 1.80 bits per heavy atom. The molecule has 0 saturated carbocycles. The third-order valence-electron chi connectivity index (χ3n) is 3.38. The van der Waals surface area contributed by atoms with Crippen molar-refractivity contribution in [3.8, 4) is 0 Å². The van der Waals surface area contributed by atoms with Gasteiger partial charge in [-0.2, -0.15) is 0 Å². The minimum Gasteiger partial charge on any atom is -0.366 e. The number of hydrogen-bond acceptors (Lipinski definition) is 4. The second-order valence-electron chi connectivity index (χ2n) is 5.12. The van der Waals surface area contributed by atoms with Crippen LogP contribution in [0, 0.1) is 0 Å². The summed E-state index contributed by atoms with van der Waals surface area (Å²) in [5, 5.41) is 4.11. The number of amides is 2. The molecule has 0 unspecified atom stereocenters. The van der Waals surface area contributed by atoms with Crippen LogP contribution < -0.4 is 5.32 Å². The van der Waals surface area contributed by atoms with Gasteiger partial charge >= 0.3 is 0 Å². The van der Waals surface area contributed by atoms with E-state index in [1.807, 2.05) is 6.07 Å². The van der Waals surface area contributed by atoms with Gasteiger partial charge in [0, 0.05) is 10.0 Å². The van der Waals surface area contributed by atoms with Gasteiger partial charge in [0.1, 0.15) is 0 Å². The van der Waals surface area contributed by atoms with E-state index in [0.717, 1.165) is 22.2 Å². The second-order valence-corrected chi connectivity index (χ2v) is 7.40. The highest BCUT2D eigenvalue weighted by molar-refractivity contribution is 8.18. The van der Waals surface area contributed by atoms with Crippen LogP contribution in [-0.2, 0) is 4.79 Å². The number of rotatable bonds is 4. The van der Waals surface area contributed by atoms with E-state index in [1.165, 1.54) is 0 Å². The number of nitrogens with one attached hydrogen (secondary N) is 1. The Morgan fingerprint density at radius 3 is 2.56 bits per heavy atom. The van der Waals surface area contributed by atoms with Gasteiger partial charge in [0.2, 0.25) is 0 Å².